The summed E-state index contributed by atoms with van der Waals surface area (Å²) in [6, 6.07) is 4.19. The van der Waals surface area contributed by atoms with E-state index in [1.54, 1.807) is 28.4 Å². The number of rotatable bonds is 18. The van der Waals surface area contributed by atoms with Crippen LogP contribution in [0.4, 0.5) is 0 Å². The summed E-state index contributed by atoms with van der Waals surface area (Å²) in [4.78, 5) is 4.62. The molecule has 0 radical (unpaired) electrons. The van der Waals surface area contributed by atoms with Crippen molar-refractivity contribution < 1.29 is 24.1 Å². The molecule has 7 heteroatoms. The molecule has 174 valence electrons. The third-order valence-electron chi connectivity index (χ3n) is 5.25. The topological polar surface area (TPSA) is 63.6 Å². The van der Waals surface area contributed by atoms with Crippen LogP contribution in [0.15, 0.2) is 12.1 Å². The van der Waals surface area contributed by atoms with Gasteiger partial charge in [0.1, 0.15) is 5.75 Å². The second-order valence-electron chi connectivity index (χ2n) is 7.59. The van der Waals surface area contributed by atoms with E-state index in [4.69, 9.17) is 18.9 Å². The van der Waals surface area contributed by atoms with Crippen molar-refractivity contribution in [3.63, 3.8) is 0 Å². The number of hydrogen-bond donors (Lipinski definition) is 1. The van der Waals surface area contributed by atoms with E-state index in [1.165, 1.54) is 5.56 Å². The van der Waals surface area contributed by atoms with E-state index in [1.807, 2.05) is 0 Å². The van der Waals surface area contributed by atoms with E-state index < -0.39 is 0 Å². The molecule has 0 fully saturated rings. The van der Waals surface area contributed by atoms with Gasteiger partial charge in [0.2, 0.25) is 0 Å². The number of benzene rings is 1. The van der Waals surface area contributed by atoms with Crippen LogP contribution < -0.4 is 0 Å². The Hall–Kier alpha value is -1.22. The number of aromatic hydroxyl groups is 1. The van der Waals surface area contributed by atoms with Gasteiger partial charge in [0.25, 0.3) is 0 Å². The maximum absolute atomic E-state index is 10.9. The fourth-order valence-electron chi connectivity index (χ4n) is 3.42. The van der Waals surface area contributed by atoms with E-state index in [0.29, 0.717) is 32.2 Å². The molecule has 0 atom stereocenters. The van der Waals surface area contributed by atoms with Crippen LogP contribution in [0.1, 0.15) is 16.7 Å². The maximum Gasteiger partial charge on any atom is 0.122 e. The lowest BCUT2D eigenvalue weighted by Crippen LogP contribution is -2.33. The van der Waals surface area contributed by atoms with Crippen LogP contribution in [0.25, 0.3) is 0 Å². The van der Waals surface area contributed by atoms with Crippen molar-refractivity contribution in [3.05, 3.63) is 28.8 Å². The van der Waals surface area contributed by atoms with E-state index in [-0.39, 0.29) is 0 Å². The molecule has 30 heavy (non-hydrogen) atoms. The summed E-state index contributed by atoms with van der Waals surface area (Å²) in [7, 11) is 6.87. The third-order valence-corrected chi connectivity index (χ3v) is 5.25. The lowest BCUT2D eigenvalue weighted by atomic mass is 10.00. The van der Waals surface area contributed by atoms with E-state index in [9.17, 15) is 5.11 Å². The van der Waals surface area contributed by atoms with Crippen LogP contribution in [0.5, 0.6) is 5.75 Å². The molecule has 0 saturated carbocycles. The summed E-state index contributed by atoms with van der Waals surface area (Å²) in [5.74, 6) is 0.428. The Morgan fingerprint density at radius 1 is 0.633 bits per heavy atom. The Morgan fingerprint density at radius 2 is 0.967 bits per heavy atom. The Labute approximate surface area is 182 Å². The minimum Gasteiger partial charge on any atom is -0.507 e. The third kappa shape index (κ3) is 10.7. The van der Waals surface area contributed by atoms with E-state index >= 15 is 0 Å². The normalized spacial score (nSPS) is 11.7. The van der Waals surface area contributed by atoms with Crippen molar-refractivity contribution in [1.29, 1.82) is 0 Å². The summed E-state index contributed by atoms with van der Waals surface area (Å²) in [6.07, 6.45) is 1.59. The zero-order valence-corrected chi connectivity index (χ0v) is 19.6. The van der Waals surface area contributed by atoms with Gasteiger partial charge in [-0.05, 0) is 30.9 Å². The number of nitrogens with zero attached hydrogens (tertiary/aromatic N) is 2. The molecule has 0 saturated heterocycles. The van der Waals surface area contributed by atoms with Crippen molar-refractivity contribution in [2.45, 2.75) is 19.8 Å². The van der Waals surface area contributed by atoms with Gasteiger partial charge >= 0.3 is 0 Å². The molecule has 1 rings (SSSR count). The quantitative estimate of drug-likeness (QED) is 0.385. The van der Waals surface area contributed by atoms with E-state index in [0.717, 1.165) is 63.2 Å². The minimum atomic E-state index is 0.428. The monoisotopic (exact) mass is 426 g/mol. The molecule has 0 heterocycles. The zero-order chi connectivity index (χ0) is 22.2. The highest BCUT2D eigenvalue weighted by molar-refractivity contribution is 5.44. The first-order valence-electron chi connectivity index (χ1n) is 10.8. The molecule has 0 aliphatic rings. The highest BCUT2D eigenvalue weighted by Crippen LogP contribution is 2.26. The molecular weight excluding hydrogens is 384 g/mol. The van der Waals surface area contributed by atoms with Gasteiger partial charge in [-0.15, -0.1) is 0 Å². The molecule has 0 amide bonds. The van der Waals surface area contributed by atoms with Crippen LogP contribution in [0.2, 0.25) is 0 Å². The van der Waals surface area contributed by atoms with Gasteiger partial charge in [-0.3, -0.25) is 9.80 Å². The van der Waals surface area contributed by atoms with Crippen molar-refractivity contribution >= 4 is 0 Å². The SMILES string of the molecule is COCCN(CCOC)CCc1cc(C)cc(CCN(CCOC)CCOC)c1O. The second-order valence-corrected chi connectivity index (χ2v) is 7.59. The molecule has 0 aliphatic heterocycles. The summed E-state index contributed by atoms with van der Waals surface area (Å²) in [5.41, 5.74) is 3.19. The van der Waals surface area contributed by atoms with Crippen LogP contribution >= 0.6 is 0 Å². The van der Waals surface area contributed by atoms with Gasteiger partial charge in [0.15, 0.2) is 0 Å². The average Bonchev–Trinajstić information content (AvgIpc) is 2.75. The Balaban J connectivity index is 2.76. The van der Waals surface area contributed by atoms with Crippen LogP contribution in [0.3, 0.4) is 0 Å². The van der Waals surface area contributed by atoms with Gasteiger partial charge in [0.05, 0.1) is 26.4 Å². The van der Waals surface area contributed by atoms with Crippen molar-refractivity contribution in [2.75, 3.05) is 94.1 Å². The predicted molar refractivity (Wildman–Crippen MR) is 121 cm³/mol. The smallest absolute Gasteiger partial charge is 0.122 e. The standard InChI is InChI=1S/C23H42N2O5/c1-20-18-21(6-8-24(10-14-27-2)11-15-28-3)23(26)22(19-20)7-9-25(12-16-29-4)13-17-30-5/h18-19,26H,6-17H2,1-5H3. The van der Waals surface area contributed by atoms with Gasteiger partial charge in [0, 0.05) is 67.7 Å². The molecule has 1 aromatic rings. The Morgan fingerprint density at radius 3 is 1.27 bits per heavy atom. The highest BCUT2D eigenvalue weighted by Gasteiger charge is 2.13. The van der Waals surface area contributed by atoms with Crippen LogP contribution in [0, 0.1) is 6.92 Å². The van der Waals surface area contributed by atoms with Crippen LogP contribution in [-0.2, 0) is 31.8 Å². The van der Waals surface area contributed by atoms with Crippen molar-refractivity contribution in [1.82, 2.24) is 9.80 Å². The molecule has 1 aromatic carbocycles. The first-order valence-corrected chi connectivity index (χ1v) is 10.8. The molecule has 0 bridgehead atoms. The predicted octanol–water partition coefficient (Wildman–Crippen LogP) is 1.98. The molecule has 7 nitrogen and oxygen atoms in total. The summed E-state index contributed by atoms with van der Waals surface area (Å²) < 4.78 is 20.9. The maximum atomic E-state index is 10.9. The number of phenolic OH excluding ortho intramolecular Hbond substituents is 1. The zero-order valence-electron chi connectivity index (χ0n) is 19.6. The number of phenols is 1. The van der Waals surface area contributed by atoms with Crippen LogP contribution in [-0.4, -0.2) is 109 Å². The summed E-state index contributed by atoms with van der Waals surface area (Å²) in [5, 5.41) is 10.9. The highest BCUT2D eigenvalue weighted by atomic mass is 16.5. The van der Waals surface area contributed by atoms with Crippen molar-refractivity contribution in [2.24, 2.45) is 0 Å². The van der Waals surface area contributed by atoms with Gasteiger partial charge in [-0.1, -0.05) is 17.7 Å². The molecule has 0 aromatic heterocycles. The lowest BCUT2D eigenvalue weighted by molar-refractivity contribution is 0.114. The molecule has 0 aliphatic carbocycles. The van der Waals surface area contributed by atoms with Crippen molar-refractivity contribution in [3.8, 4) is 5.75 Å². The number of ether oxygens (including phenoxy) is 4. The molecule has 0 unspecified atom stereocenters. The number of aryl methyl sites for hydroxylation is 1. The van der Waals surface area contributed by atoms with Gasteiger partial charge in [-0.2, -0.15) is 0 Å². The first-order chi connectivity index (χ1) is 14.5. The largest absolute Gasteiger partial charge is 0.507 e. The fraction of sp³-hybridized carbons (Fsp3) is 0.739. The molecular formula is C23H42N2O5. The summed E-state index contributed by atoms with van der Waals surface area (Å²) >= 11 is 0. The fourth-order valence-corrected chi connectivity index (χ4v) is 3.42. The Kier molecular flexibility index (Phi) is 14.7. The number of methoxy groups -OCH3 is 4. The molecule has 0 spiro atoms. The molecule has 1 N–H and O–H groups in total. The Bertz CT molecular complexity index is 510. The second kappa shape index (κ2) is 16.5. The van der Waals surface area contributed by atoms with Gasteiger partial charge in [-0.25, -0.2) is 0 Å². The minimum absolute atomic E-state index is 0.428. The van der Waals surface area contributed by atoms with E-state index in [2.05, 4.69) is 28.9 Å². The number of hydrogen-bond acceptors (Lipinski definition) is 7. The lowest BCUT2D eigenvalue weighted by Gasteiger charge is -2.23. The summed E-state index contributed by atoms with van der Waals surface area (Å²) in [6.45, 7) is 9.98. The average molecular weight is 427 g/mol. The van der Waals surface area contributed by atoms with Gasteiger partial charge < -0.3 is 24.1 Å². The first kappa shape index (κ1) is 26.8.